The van der Waals surface area contributed by atoms with Gasteiger partial charge < -0.3 is 10.1 Å². The molecule has 2 aromatic rings. The van der Waals surface area contributed by atoms with Crippen LogP contribution in [0.25, 0.3) is 0 Å². The summed E-state index contributed by atoms with van der Waals surface area (Å²) in [6.07, 6.45) is 1.10. The van der Waals surface area contributed by atoms with Crippen molar-refractivity contribution in [3.05, 3.63) is 46.2 Å². The first-order valence-corrected chi connectivity index (χ1v) is 7.28. The molecule has 1 N–H and O–H groups in total. The summed E-state index contributed by atoms with van der Waals surface area (Å²) in [6, 6.07) is 10.7. The Morgan fingerprint density at radius 3 is 3.11 bits per heavy atom. The van der Waals surface area contributed by atoms with Gasteiger partial charge in [-0.15, -0.1) is 11.3 Å². The summed E-state index contributed by atoms with van der Waals surface area (Å²) >= 11 is 1.85. The van der Waals surface area contributed by atoms with Crippen molar-refractivity contribution in [3.63, 3.8) is 0 Å². The van der Waals surface area contributed by atoms with E-state index >= 15 is 0 Å². The maximum Gasteiger partial charge on any atom is 0.119 e. The second-order valence-electron chi connectivity index (χ2n) is 4.55. The van der Waals surface area contributed by atoms with Crippen molar-refractivity contribution in [2.24, 2.45) is 0 Å². The second-order valence-corrected chi connectivity index (χ2v) is 5.53. The summed E-state index contributed by atoms with van der Waals surface area (Å²) < 4.78 is 5.57. The molecule has 0 radical (unpaired) electrons. The normalized spacial score (nSPS) is 17.9. The smallest absolute Gasteiger partial charge is 0.119 e. The first-order valence-electron chi connectivity index (χ1n) is 6.40. The van der Waals surface area contributed by atoms with Crippen molar-refractivity contribution in [2.75, 3.05) is 18.5 Å². The van der Waals surface area contributed by atoms with Gasteiger partial charge in [-0.25, -0.2) is 0 Å². The predicted octanol–water partition coefficient (Wildman–Crippen LogP) is 3.90. The Bertz CT molecular complexity index is 521. The van der Waals surface area contributed by atoms with E-state index in [1.807, 2.05) is 24.3 Å². The average Bonchev–Trinajstić information content (AvgIpc) is 2.92. The standard InChI is InChI=1S/C15H17NOS/c1-2-17-13-5-6-14-11(9-13)8-12(10-16-14)15-4-3-7-18-15/h3-7,9,12,16H,2,8,10H2,1H3. The third-order valence-electron chi connectivity index (χ3n) is 3.34. The highest BCUT2D eigenvalue weighted by atomic mass is 32.1. The molecule has 0 amide bonds. The number of fused-ring (bicyclic) bond motifs is 1. The van der Waals surface area contributed by atoms with Gasteiger partial charge in [0, 0.05) is 23.0 Å². The molecule has 0 bridgehead atoms. The van der Waals surface area contributed by atoms with Gasteiger partial charge in [-0.05, 0) is 48.6 Å². The number of rotatable bonds is 3. The molecule has 1 aliphatic heterocycles. The van der Waals surface area contributed by atoms with Crippen molar-refractivity contribution >= 4 is 17.0 Å². The molecule has 0 spiro atoms. The van der Waals surface area contributed by atoms with Crippen LogP contribution in [0.3, 0.4) is 0 Å². The van der Waals surface area contributed by atoms with Crippen molar-refractivity contribution in [1.82, 2.24) is 0 Å². The molecule has 18 heavy (non-hydrogen) atoms. The van der Waals surface area contributed by atoms with Gasteiger partial charge in [0.25, 0.3) is 0 Å². The lowest BCUT2D eigenvalue weighted by Gasteiger charge is -2.26. The van der Waals surface area contributed by atoms with E-state index in [0.29, 0.717) is 5.92 Å². The molecular weight excluding hydrogens is 242 g/mol. The largest absolute Gasteiger partial charge is 0.494 e. The average molecular weight is 259 g/mol. The van der Waals surface area contributed by atoms with Crippen molar-refractivity contribution in [2.45, 2.75) is 19.3 Å². The zero-order valence-corrected chi connectivity index (χ0v) is 11.3. The monoisotopic (exact) mass is 259 g/mol. The van der Waals surface area contributed by atoms with Crippen LogP contribution in [0, 0.1) is 0 Å². The highest BCUT2D eigenvalue weighted by molar-refractivity contribution is 7.10. The molecule has 1 unspecified atom stereocenters. The Balaban J connectivity index is 1.84. The minimum Gasteiger partial charge on any atom is -0.494 e. The molecule has 0 aliphatic carbocycles. The Morgan fingerprint density at radius 2 is 2.33 bits per heavy atom. The van der Waals surface area contributed by atoms with Crippen molar-refractivity contribution in [1.29, 1.82) is 0 Å². The van der Waals surface area contributed by atoms with E-state index in [2.05, 4.69) is 35.0 Å². The maximum atomic E-state index is 5.57. The fourth-order valence-corrected chi connectivity index (χ4v) is 3.29. The number of ether oxygens (including phenoxy) is 1. The lowest BCUT2D eigenvalue weighted by atomic mass is 9.92. The Labute approximate surface area is 112 Å². The quantitative estimate of drug-likeness (QED) is 0.902. The molecule has 1 aromatic heterocycles. The van der Waals surface area contributed by atoms with Crippen LogP contribution in [0.15, 0.2) is 35.7 Å². The molecule has 0 fully saturated rings. The van der Waals surface area contributed by atoms with E-state index in [1.54, 1.807) is 0 Å². The summed E-state index contributed by atoms with van der Waals surface area (Å²) in [7, 11) is 0. The number of nitrogens with one attached hydrogen (secondary N) is 1. The van der Waals surface area contributed by atoms with E-state index in [1.165, 1.54) is 16.1 Å². The van der Waals surface area contributed by atoms with Crippen LogP contribution < -0.4 is 10.1 Å². The van der Waals surface area contributed by atoms with E-state index < -0.39 is 0 Å². The topological polar surface area (TPSA) is 21.3 Å². The third kappa shape index (κ3) is 2.23. The van der Waals surface area contributed by atoms with Gasteiger partial charge in [0.15, 0.2) is 0 Å². The summed E-state index contributed by atoms with van der Waals surface area (Å²) in [4.78, 5) is 1.47. The summed E-state index contributed by atoms with van der Waals surface area (Å²) in [5.74, 6) is 1.57. The van der Waals surface area contributed by atoms with E-state index in [-0.39, 0.29) is 0 Å². The van der Waals surface area contributed by atoms with E-state index in [4.69, 9.17) is 4.74 Å². The maximum absolute atomic E-state index is 5.57. The van der Waals surface area contributed by atoms with Crippen LogP contribution in [0.2, 0.25) is 0 Å². The SMILES string of the molecule is CCOc1ccc2c(c1)CC(c1cccs1)CN2. The highest BCUT2D eigenvalue weighted by Crippen LogP contribution is 2.34. The highest BCUT2D eigenvalue weighted by Gasteiger charge is 2.20. The second kappa shape index (κ2) is 5.02. The zero-order valence-electron chi connectivity index (χ0n) is 10.5. The molecule has 3 rings (SSSR count). The minimum absolute atomic E-state index is 0.592. The van der Waals surface area contributed by atoms with Crippen LogP contribution in [-0.4, -0.2) is 13.2 Å². The van der Waals surface area contributed by atoms with Gasteiger partial charge in [0.2, 0.25) is 0 Å². The van der Waals surface area contributed by atoms with E-state index in [9.17, 15) is 0 Å². The summed E-state index contributed by atoms with van der Waals surface area (Å²) in [6.45, 7) is 3.77. The molecular formula is C15H17NOS. The molecule has 1 atom stereocenters. The molecule has 3 heteroatoms. The van der Waals surface area contributed by atoms with Gasteiger partial charge in [-0.1, -0.05) is 6.07 Å². The molecule has 0 saturated carbocycles. The van der Waals surface area contributed by atoms with Gasteiger partial charge in [-0.3, -0.25) is 0 Å². The van der Waals surface area contributed by atoms with Crippen LogP contribution in [0.5, 0.6) is 5.75 Å². The molecule has 2 heterocycles. The van der Waals surface area contributed by atoms with Crippen LogP contribution in [0.1, 0.15) is 23.3 Å². The van der Waals surface area contributed by atoms with Crippen LogP contribution in [-0.2, 0) is 6.42 Å². The lowest BCUT2D eigenvalue weighted by Crippen LogP contribution is -2.20. The number of hydrogen-bond acceptors (Lipinski definition) is 3. The van der Waals surface area contributed by atoms with E-state index in [0.717, 1.165) is 25.3 Å². The predicted molar refractivity (Wildman–Crippen MR) is 76.9 cm³/mol. The number of anilines is 1. The fraction of sp³-hybridized carbons (Fsp3) is 0.333. The first-order chi connectivity index (χ1) is 8.86. The van der Waals surface area contributed by atoms with Crippen molar-refractivity contribution < 1.29 is 4.74 Å². The lowest BCUT2D eigenvalue weighted by molar-refractivity contribution is 0.340. The Hall–Kier alpha value is -1.48. The Kier molecular flexibility index (Phi) is 3.24. The third-order valence-corrected chi connectivity index (χ3v) is 4.37. The van der Waals surface area contributed by atoms with Gasteiger partial charge in [-0.2, -0.15) is 0 Å². The molecule has 1 aromatic carbocycles. The first kappa shape index (κ1) is 11.6. The number of hydrogen-bond donors (Lipinski definition) is 1. The van der Waals surface area contributed by atoms with Crippen LogP contribution >= 0.6 is 11.3 Å². The minimum atomic E-state index is 0.592. The van der Waals surface area contributed by atoms with Gasteiger partial charge in [0.1, 0.15) is 5.75 Å². The van der Waals surface area contributed by atoms with Crippen molar-refractivity contribution in [3.8, 4) is 5.75 Å². The Morgan fingerprint density at radius 1 is 1.39 bits per heavy atom. The molecule has 94 valence electrons. The van der Waals surface area contributed by atoms with Crippen LogP contribution in [0.4, 0.5) is 5.69 Å². The zero-order chi connectivity index (χ0) is 12.4. The number of benzene rings is 1. The molecule has 0 saturated heterocycles. The van der Waals surface area contributed by atoms with Gasteiger partial charge >= 0.3 is 0 Å². The summed E-state index contributed by atoms with van der Waals surface area (Å²) in [5, 5.41) is 5.68. The molecule has 2 nitrogen and oxygen atoms in total. The summed E-state index contributed by atoms with van der Waals surface area (Å²) in [5.41, 5.74) is 2.62. The number of thiophene rings is 1. The van der Waals surface area contributed by atoms with Gasteiger partial charge in [0.05, 0.1) is 6.61 Å². The molecule has 1 aliphatic rings. The fourth-order valence-electron chi connectivity index (χ4n) is 2.46.